The first kappa shape index (κ1) is 19.8. The number of hydrogen-bond acceptors (Lipinski definition) is 4. The van der Waals surface area contributed by atoms with Gasteiger partial charge in [0.1, 0.15) is 5.75 Å². The molecule has 5 nitrogen and oxygen atoms in total. The Labute approximate surface area is 169 Å². The molecule has 0 saturated carbocycles. The number of likely N-dealkylation sites (N-methyl/N-ethyl adjacent to an activating group) is 1. The number of rotatable bonds is 6. The Morgan fingerprint density at radius 2 is 1.74 bits per heavy atom. The third-order valence-electron chi connectivity index (χ3n) is 4.60. The highest BCUT2D eigenvalue weighted by molar-refractivity contribution is 6.42. The Morgan fingerprint density at radius 1 is 1.04 bits per heavy atom. The minimum atomic E-state index is -0.231. The van der Waals surface area contributed by atoms with Crippen molar-refractivity contribution in [1.29, 1.82) is 0 Å². The lowest BCUT2D eigenvalue weighted by Crippen LogP contribution is -2.46. The van der Waals surface area contributed by atoms with Gasteiger partial charge in [0.25, 0.3) is 5.91 Å². The number of hydrogen-bond donors (Lipinski definition) is 1. The second kappa shape index (κ2) is 9.31. The third kappa shape index (κ3) is 5.51. The van der Waals surface area contributed by atoms with E-state index in [1.807, 2.05) is 24.3 Å². The van der Waals surface area contributed by atoms with Crippen LogP contribution < -0.4 is 15.0 Å². The van der Waals surface area contributed by atoms with Crippen molar-refractivity contribution in [3.8, 4) is 5.75 Å². The monoisotopic (exact) mass is 407 g/mol. The second-order valence-electron chi connectivity index (χ2n) is 6.38. The van der Waals surface area contributed by atoms with E-state index in [0.29, 0.717) is 15.8 Å². The lowest BCUT2D eigenvalue weighted by molar-refractivity contribution is -0.118. The molecule has 0 aromatic heterocycles. The van der Waals surface area contributed by atoms with Gasteiger partial charge in [0.15, 0.2) is 6.61 Å². The van der Waals surface area contributed by atoms with E-state index in [4.69, 9.17) is 27.9 Å². The maximum absolute atomic E-state index is 12.1. The summed E-state index contributed by atoms with van der Waals surface area (Å²) < 4.78 is 5.45. The van der Waals surface area contributed by atoms with E-state index in [2.05, 4.69) is 22.0 Å². The topological polar surface area (TPSA) is 44.8 Å². The molecule has 1 heterocycles. The summed E-state index contributed by atoms with van der Waals surface area (Å²) in [5, 5.41) is 3.68. The Hall–Kier alpha value is -1.95. The van der Waals surface area contributed by atoms with E-state index >= 15 is 0 Å². The molecule has 0 bridgehead atoms. The predicted molar refractivity (Wildman–Crippen MR) is 111 cm³/mol. The molecular weight excluding hydrogens is 385 g/mol. The van der Waals surface area contributed by atoms with Gasteiger partial charge in [-0.2, -0.15) is 0 Å². The van der Waals surface area contributed by atoms with Crippen LogP contribution in [0.5, 0.6) is 5.75 Å². The maximum Gasteiger partial charge on any atom is 0.262 e. The van der Waals surface area contributed by atoms with Crippen molar-refractivity contribution in [2.24, 2.45) is 0 Å². The van der Waals surface area contributed by atoms with Crippen LogP contribution in [0.3, 0.4) is 0 Å². The molecule has 144 valence electrons. The molecule has 0 spiro atoms. The van der Waals surface area contributed by atoms with Crippen molar-refractivity contribution < 1.29 is 9.53 Å². The highest BCUT2D eigenvalue weighted by atomic mass is 35.5. The Kier molecular flexibility index (Phi) is 6.83. The predicted octanol–water partition coefficient (Wildman–Crippen LogP) is 4.15. The molecule has 0 unspecified atom stereocenters. The van der Waals surface area contributed by atoms with E-state index in [-0.39, 0.29) is 12.5 Å². The summed E-state index contributed by atoms with van der Waals surface area (Å²) in [4.78, 5) is 16.9. The van der Waals surface area contributed by atoms with Crippen LogP contribution in [0.4, 0.5) is 11.4 Å². The Bertz CT molecular complexity index is 775. The highest BCUT2D eigenvalue weighted by Gasteiger charge is 2.15. The number of benzene rings is 2. The number of ether oxygens (including phenoxy) is 1. The van der Waals surface area contributed by atoms with Gasteiger partial charge in [-0.05, 0) is 42.9 Å². The fraction of sp³-hybridized carbons (Fsp3) is 0.350. The van der Waals surface area contributed by atoms with Gasteiger partial charge in [-0.15, -0.1) is 0 Å². The molecule has 1 N–H and O–H groups in total. The first-order chi connectivity index (χ1) is 13.0. The molecule has 1 aliphatic heterocycles. The molecular formula is C20H23Cl2N3O2. The first-order valence-corrected chi connectivity index (χ1v) is 9.76. The summed E-state index contributed by atoms with van der Waals surface area (Å²) >= 11 is 11.8. The van der Waals surface area contributed by atoms with E-state index in [1.54, 1.807) is 18.2 Å². The summed E-state index contributed by atoms with van der Waals surface area (Å²) in [5.41, 5.74) is 1.92. The number of carbonyl (C=O) groups is 1. The standard InChI is InChI=1S/C20H23Cl2N3O2/c1-2-24-9-11-25(12-10-24)16-5-3-15(4-6-16)23-20(26)14-27-17-7-8-18(21)19(22)13-17/h3-8,13H,2,9-12,14H2,1H3,(H,23,26). The van der Waals surface area contributed by atoms with Crippen molar-refractivity contribution in [3.05, 3.63) is 52.5 Å². The fourth-order valence-corrected chi connectivity index (χ4v) is 3.28. The zero-order valence-electron chi connectivity index (χ0n) is 15.3. The summed E-state index contributed by atoms with van der Waals surface area (Å²) in [6, 6.07) is 12.8. The van der Waals surface area contributed by atoms with Crippen LogP contribution in [0.25, 0.3) is 0 Å². The minimum Gasteiger partial charge on any atom is -0.484 e. The van der Waals surface area contributed by atoms with Gasteiger partial charge in [0.2, 0.25) is 0 Å². The summed E-state index contributed by atoms with van der Waals surface area (Å²) in [6.45, 7) is 7.41. The summed E-state index contributed by atoms with van der Waals surface area (Å²) in [5.74, 6) is 0.270. The number of amides is 1. The van der Waals surface area contributed by atoms with Crippen LogP contribution in [0.1, 0.15) is 6.92 Å². The summed E-state index contributed by atoms with van der Waals surface area (Å²) in [7, 11) is 0. The van der Waals surface area contributed by atoms with Crippen molar-refractivity contribution in [2.45, 2.75) is 6.92 Å². The minimum absolute atomic E-state index is 0.0985. The van der Waals surface area contributed by atoms with E-state index < -0.39 is 0 Å². The van der Waals surface area contributed by atoms with E-state index in [9.17, 15) is 4.79 Å². The van der Waals surface area contributed by atoms with Gasteiger partial charge in [-0.3, -0.25) is 4.79 Å². The number of halogens is 2. The van der Waals surface area contributed by atoms with Crippen molar-refractivity contribution >= 4 is 40.5 Å². The zero-order valence-corrected chi connectivity index (χ0v) is 16.8. The van der Waals surface area contributed by atoms with Crippen LogP contribution in [-0.2, 0) is 4.79 Å². The van der Waals surface area contributed by atoms with Crippen LogP contribution in [0.2, 0.25) is 10.0 Å². The molecule has 2 aromatic carbocycles. The highest BCUT2D eigenvalue weighted by Crippen LogP contribution is 2.26. The van der Waals surface area contributed by atoms with Crippen LogP contribution in [-0.4, -0.2) is 50.1 Å². The number of carbonyl (C=O) groups excluding carboxylic acids is 1. The van der Waals surface area contributed by atoms with Gasteiger partial charge in [0, 0.05) is 43.6 Å². The number of nitrogens with one attached hydrogen (secondary N) is 1. The van der Waals surface area contributed by atoms with Gasteiger partial charge in [-0.1, -0.05) is 30.1 Å². The quantitative estimate of drug-likeness (QED) is 0.780. The smallest absolute Gasteiger partial charge is 0.262 e. The molecule has 1 fully saturated rings. The number of nitrogens with zero attached hydrogens (tertiary/aromatic N) is 2. The van der Waals surface area contributed by atoms with Gasteiger partial charge in [-0.25, -0.2) is 0 Å². The van der Waals surface area contributed by atoms with E-state index in [1.165, 1.54) is 5.69 Å². The zero-order chi connectivity index (χ0) is 19.2. The van der Waals surface area contributed by atoms with Gasteiger partial charge in [0.05, 0.1) is 10.0 Å². The average Bonchev–Trinajstić information content (AvgIpc) is 2.69. The number of piperazine rings is 1. The Morgan fingerprint density at radius 3 is 2.37 bits per heavy atom. The molecule has 2 aromatic rings. The van der Waals surface area contributed by atoms with Crippen LogP contribution in [0.15, 0.2) is 42.5 Å². The van der Waals surface area contributed by atoms with Crippen LogP contribution in [0, 0.1) is 0 Å². The average molecular weight is 408 g/mol. The molecule has 0 aliphatic carbocycles. The molecule has 0 radical (unpaired) electrons. The molecule has 27 heavy (non-hydrogen) atoms. The fourth-order valence-electron chi connectivity index (χ4n) is 2.99. The maximum atomic E-state index is 12.1. The largest absolute Gasteiger partial charge is 0.484 e. The number of anilines is 2. The van der Waals surface area contributed by atoms with Crippen LogP contribution >= 0.6 is 23.2 Å². The summed E-state index contributed by atoms with van der Waals surface area (Å²) in [6.07, 6.45) is 0. The molecule has 1 saturated heterocycles. The van der Waals surface area contributed by atoms with Gasteiger partial charge >= 0.3 is 0 Å². The SMILES string of the molecule is CCN1CCN(c2ccc(NC(=O)COc3ccc(Cl)c(Cl)c3)cc2)CC1. The normalized spacial score (nSPS) is 14.9. The lowest BCUT2D eigenvalue weighted by atomic mass is 10.2. The Balaban J connectivity index is 1.49. The lowest BCUT2D eigenvalue weighted by Gasteiger charge is -2.35. The van der Waals surface area contributed by atoms with Crippen molar-refractivity contribution in [1.82, 2.24) is 4.90 Å². The third-order valence-corrected chi connectivity index (χ3v) is 5.34. The first-order valence-electron chi connectivity index (χ1n) is 9.00. The van der Waals surface area contributed by atoms with Crippen molar-refractivity contribution in [2.75, 3.05) is 49.5 Å². The molecule has 1 amide bonds. The molecule has 1 aliphatic rings. The molecule has 7 heteroatoms. The van der Waals surface area contributed by atoms with E-state index in [0.717, 1.165) is 38.4 Å². The molecule has 0 atom stereocenters. The second-order valence-corrected chi connectivity index (χ2v) is 7.20. The molecule has 3 rings (SSSR count). The van der Waals surface area contributed by atoms with Gasteiger partial charge < -0.3 is 19.9 Å². The van der Waals surface area contributed by atoms with Crippen molar-refractivity contribution in [3.63, 3.8) is 0 Å².